The van der Waals surface area contributed by atoms with Crippen molar-refractivity contribution >= 4 is 29.2 Å². The Balaban J connectivity index is 1.47. The van der Waals surface area contributed by atoms with Gasteiger partial charge in [-0.3, -0.25) is 9.59 Å². The van der Waals surface area contributed by atoms with Crippen LogP contribution in [0, 0.1) is 6.92 Å². The van der Waals surface area contributed by atoms with Gasteiger partial charge in [0.25, 0.3) is 11.5 Å². The van der Waals surface area contributed by atoms with E-state index in [1.807, 2.05) is 45.2 Å². The number of aromatic nitrogens is 2. The van der Waals surface area contributed by atoms with E-state index in [2.05, 4.69) is 25.8 Å². The molecule has 4 heterocycles. The van der Waals surface area contributed by atoms with Crippen LogP contribution in [-0.2, 0) is 12.8 Å². The number of rotatable bonds is 5. The molecule has 0 saturated carbocycles. The number of nitrogens with one attached hydrogen (secondary N) is 1. The van der Waals surface area contributed by atoms with E-state index < -0.39 is 6.09 Å². The zero-order valence-corrected chi connectivity index (χ0v) is 22.8. The number of fused-ring (bicyclic) bond motifs is 1. The number of aromatic amines is 1. The molecule has 1 aromatic carbocycles. The van der Waals surface area contributed by atoms with Gasteiger partial charge in [-0.05, 0) is 66.8 Å². The molecular weight excluding hydrogens is 496 g/mol. The summed E-state index contributed by atoms with van der Waals surface area (Å²) in [5.74, 6) is 0.581. The van der Waals surface area contributed by atoms with Gasteiger partial charge in [0.1, 0.15) is 11.5 Å². The summed E-state index contributed by atoms with van der Waals surface area (Å²) in [5.41, 5.74) is 6.06. The number of piperazine rings is 1. The van der Waals surface area contributed by atoms with E-state index in [0.717, 1.165) is 52.4 Å². The predicted octanol–water partition coefficient (Wildman–Crippen LogP) is 3.38. The number of hydrogen-bond donors (Lipinski definition) is 2. The molecule has 2 aliphatic heterocycles. The second-order valence-corrected chi connectivity index (χ2v) is 10.2. The fourth-order valence-electron chi connectivity index (χ4n) is 5.56. The molecule has 3 aromatic rings. The number of H-pyrrole nitrogens is 1. The van der Waals surface area contributed by atoms with Crippen LogP contribution in [0.3, 0.4) is 0 Å². The topological polar surface area (TPSA) is 113 Å². The number of carboxylic acid groups (broad SMARTS) is 1. The highest BCUT2D eigenvalue weighted by atomic mass is 16.4. The van der Waals surface area contributed by atoms with E-state index in [9.17, 15) is 19.5 Å². The third-order valence-corrected chi connectivity index (χ3v) is 7.76. The summed E-state index contributed by atoms with van der Waals surface area (Å²) in [6, 6.07) is 9.85. The zero-order valence-electron chi connectivity index (χ0n) is 22.8. The van der Waals surface area contributed by atoms with Crippen molar-refractivity contribution in [2.75, 3.05) is 61.5 Å². The Morgan fingerprint density at radius 3 is 2.46 bits per heavy atom. The van der Waals surface area contributed by atoms with E-state index >= 15 is 0 Å². The molecule has 2 N–H and O–H groups in total. The van der Waals surface area contributed by atoms with Gasteiger partial charge < -0.3 is 29.7 Å². The van der Waals surface area contributed by atoms with Crippen LogP contribution >= 0.6 is 0 Å². The molecule has 0 bridgehead atoms. The largest absolute Gasteiger partial charge is 0.465 e. The summed E-state index contributed by atoms with van der Waals surface area (Å²) in [7, 11) is 3.69. The van der Waals surface area contributed by atoms with Crippen molar-refractivity contribution in [1.29, 1.82) is 0 Å². The van der Waals surface area contributed by atoms with E-state index in [-0.39, 0.29) is 11.5 Å². The summed E-state index contributed by atoms with van der Waals surface area (Å²) in [6.45, 7) is 6.69. The molecule has 1 saturated heterocycles. The molecule has 2 aromatic heterocycles. The van der Waals surface area contributed by atoms with Crippen molar-refractivity contribution in [3.63, 3.8) is 0 Å². The first-order valence-corrected chi connectivity index (χ1v) is 13.3. The maximum Gasteiger partial charge on any atom is 0.407 e. The lowest BCUT2D eigenvalue weighted by atomic mass is 9.96. The van der Waals surface area contributed by atoms with Gasteiger partial charge in [0.05, 0.1) is 0 Å². The fraction of sp³-hybridized carbons (Fsp3) is 0.379. The van der Waals surface area contributed by atoms with Gasteiger partial charge in [-0.2, -0.15) is 0 Å². The van der Waals surface area contributed by atoms with E-state index in [0.29, 0.717) is 43.9 Å². The number of carbonyl (C=O) groups is 2. The standard InChI is InChI=1S/C29H34N6O4/c1-5-19-14-18(2)31-27(36)26(19)33(4)28(37)23-15-21(16-24-22(23)8-9-32(24)3)20-6-7-25(30-17-20)34-10-12-35(13-11-34)29(38)39/h6-7,14-17H,5,8-13H2,1-4H3,(H,31,36)(H,38,39). The second kappa shape index (κ2) is 10.4. The maximum absolute atomic E-state index is 13.9. The maximum atomic E-state index is 13.9. The highest BCUT2D eigenvalue weighted by Crippen LogP contribution is 2.36. The minimum absolute atomic E-state index is 0.215. The van der Waals surface area contributed by atoms with Gasteiger partial charge in [0.2, 0.25) is 0 Å². The van der Waals surface area contributed by atoms with Crippen LogP contribution in [-0.4, -0.2) is 78.8 Å². The molecule has 10 heteroatoms. The smallest absolute Gasteiger partial charge is 0.407 e. The second-order valence-electron chi connectivity index (χ2n) is 10.2. The van der Waals surface area contributed by atoms with Gasteiger partial charge in [-0.15, -0.1) is 0 Å². The minimum Gasteiger partial charge on any atom is -0.465 e. The summed E-state index contributed by atoms with van der Waals surface area (Å²) < 4.78 is 0. The first-order chi connectivity index (χ1) is 18.7. The molecule has 0 aliphatic carbocycles. The Labute approximate surface area is 227 Å². The van der Waals surface area contributed by atoms with Crippen molar-refractivity contribution < 1.29 is 14.7 Å². The third-order valence-electron chi connectivity index (χ3n) is 7.76. The number of benzene rings is 1. The van der Waals surface area contributed by atoms with Crippen molar-refractivity contribution in [3.05, 3.63) is 69.3 Å². The van der Waals surface area contributed by atoms with Crippen LogP contribution in [0.15, 0.2) is 41.3 Å². The first kappa shape index (κ1) is 26.3. The zero-order chi connectivity index (χ0) is 27.8. The number of likely N-dealkylation sites (N-methyl/N-ethyl adjacent to an activating group) is 1. The predicted molar refractivity (Wildman–Crippen MR) is 152 cm³/mol. The average Bonchev–Trinajstić information content (AvgIpc) is 3.32. The van der Waals surface area contributed by atoms with Gasteiger partial charge in [-0.1, -0.05) is 6.92 Å². The number of aryl methyl sites for hydroxylation is 2. The average molecular weight is 531 g/mol. The molecule has 0 atom stereocenters. The molecule has 0 unspecified atom stereocenters. The van der Waals surface area contributed by atoms with Crippen molar-refractivity contribution in [2.24, 2.45) is 0 Å². The van der Waals surface area contributed by atoms with Crippen molar-refractivity contribution in [3.8, 4) is 11.1 Å². The lowest BCUT2D eigenvalue weighted by Crippen LogP contribution is -2.48. The number of carbonyl (C=O) groups excluding carboxylic acids is 1. The normalized spacial score (nSPS) is 14.9. The van der Waals surface area contributed by atoms with Crippen molar-refractivity contribution in [2.45, 2.75) is 26.7 Å². The number of pyridine rings is 2. The van der Waals surface area contributed by atoms with Crippen LogP contribution in [0.4, 0.5) is 22.0 Å². The van der Waals surface area contributed by atoms with Crippen LogP contribution in [0.2, 0.25) is 0 Å². The fourth-order valence-corrected chi connectivity index (χ4v) is 5.56. The van der Waals surface area contributed by atoms with Crippen LogP contribution < -0.4 is 20.3 Å². The Morgan fingerprint density at radius 1 is 1.08 bits per heavy atom. The quantitative estimate of drug-likeness (QED) is 0.520. The molecule has 2 amide bonds. The van der Waals surface area contributed by atoms with E-state index in [1.54, 1.807) is 13.2 Å². The van der Waals surface area contributed by atoms with Gasteiger partial charge in [-0.25, -0.2) is 9.78 Å². The molecule has 1 fully saturated rings. The first-order valence-electron chi connectivity index (χ1n) is 13.3. The lowest BCUT2D eigenvalue weighted by Gasteiger charge is -2.33. The minimum atomic E-state index is -0.895. The van der Waals surface area contributed by atoms with Crippen LogP contribution in [0.5, 0.6) is 0 Å². The Bertz CT molecular complexity index is 1470. The summed E-state index contributed by atoms with van der Waals surface area (Å²) in [6.07, 6.45) is 2.30. The summed E-state index contributed by atoms with van der Waals surface area (Å²) >= 11 is 0. The van der Waals surface area contributed by atoms with Crippen LogP contribution in [0.1, 0.15) is 34.1 Å². The molecular formula is C29H34N6O4. The molecule has 39 heavy (non-hydrogen) atoms. The van der Waals surface area contributed by atoms with Crippen molar-refractivity contribution in [1.82, 2.24) is 14.9 Å². The van der Waals surface area contributed by atoms with Gasteiger partial charge in [0, 0.05) is 75.5 Å². The third kappa shape index (κ3) is 4.94. The molecule has 5 rings (SSSR count). The Morgan fingerprint density at radius 2 is 1.82 bits per heavy atom. The Kier molecular flexibility index (Phi) is 7.03. The Hall–Kier alpha value is -4.34. The number of hydrogen-bond acceptors (Lipinski definition) is 6. The highest BCUT2D eigenvalue weighted by molar-refractivity contribution is 6.09. The van der Waals surface area contributed by atoms with Gasteiger partial charge in [0.15, 0.2) is 0 Å². The summed E-state index contributed by atoms with van der Waals surface area (Å²) in [5, 5.41) is 9.20. The highest BCUT2D eigenvalue weighted by Gasteiger charge is 2.28. The monoisotopic (exact) mass is 530 g/mol. The molecule has 0 radical (unpaired) electrons. The SMILES string of the molecule is CCc1cc(C)[nH]c(=O)c1N(C)C(=O)c1cc(-c2ccc(N3CCN(C(=O)O)CC3)nc2)cc2c1CCN2C. The molecule has 204 valence electrons. The van der Waals surface area contributed by atoms with Gasteiger partial charge >= 0.3 is 6.09 Å². The molecule has 2 aliphatic rings. The number of nitrogens with zero attached hydrogens (tertiary/aromatic N) is 5. The summed E-state index contributed by atoms with van der Waals surface area (Å²) in [4.78, 5) is 52.6. The number of amides is 2. The molecule has 10 nitrogen and oxygen atoms in total. The van der Waals surface area contributed by atoms with E-state index in [1.165, 1.54) is 9.80 Å². The van der Waals surface area contributed by atoms with Crippen LogP contribution in [0.25, 0.3) is 11.1 Å². The lowest BCUT2D eigenvalue weighted by molar-refractivity contribution is 0.0991. The number of anilines is 3. The van der Waals surface area contributed by atoms with E-state index in [4.69, 9.17) is 0 Å². The molecule has 0 spiro atoms.